The van der Waals surface area contributed by atoms with Crippen LogP contribution >= 0.6 is 0 Å². The molecule has 0 aliphatic heterocycles. The van der Waals surface area contributed by atoms with Gasteiger partial charge in [-0.05, 0) is 73.9 Å². The van der Waals surface area contributed by atoms with Crippen molar-refractivity contribution < 1.29 is 13.2 Å². The van der Waals surface area contributed by atoms with E-state index in [0.29, 0.717) is 17.8 Å². The van der Waals surface area contributed by atoms with Crippen molar-refractivity contribution in [1.82, 2.24) is 5.32 Å². The molecule has 0 saturated heterocycles. The lowest BCUT2D eigenvalue weighted by atomic mass is 10.1. The summed E-state index contributed by atoms with van der Waals surface area (Å²) in [7, 11) is -3.50. The molecule has 0 fully saturated rings. The fourth-order valence-corrected chi connectivity index (χ4v) is 4.70. The van der Waals surface area contributed by atoms with Crippen molar-refractivity contribution in [2.75, 3.05) is 28.6 Å². The molecule has 0 atom stereocenters. The minimum atomic E-state index is -3.50. The molecule has 1 amide bonds. The number of nitrogens with zero attached hydrogens (tertiary/aromatic N) is 2. The first-order valence-corrected chi connectivity index (χ1v) is 13.3. The van der Waals surface area contributed by atoms with Crippen molar-refractivity contribution >= 4 is 27.3 Å². The van der Waals surface area contributed by atoms with E-state index in [-0.39, 0.29) is 12.5 Å². The molecule has 0 bridgehead atoms. The zero-order valence-electron chi connectivity index (χ0n) is 20.3. The fraction of sp³-hybridized carbons (Fsp3) is 0.296. The predicted molar refractivity (Wildman–Crippen MR) is 140 cm³/mol. The molecule has 0 radical (unpaired) electrons. The number of rotatable bonds is 10. The maximum absolute atomic E-state index is 12.6. The van der Waals surface area contributed by atoms with E-state index in [2.05, 4.69) is 36.2 Å². The summed E-state index contributed by atoms with van der Waals surface area (Å²) >= 11 is 0. The molecule has 3 aromatic carbocycles. The molecule has 1 N–H and O–H groups in total. The van der Waals surface area contributed by atoms with Crippen LogP contribution in [0.2, 0.25) is 0 Å². The minimum Gasteiger partial charge on any atom is -0.372 e. The quantitative estimate of drug-likeness (QED) is 0.456. The molecule has 3 rings (SSSR count). The highest BCUT2D eigenvalue weighted by atomic mass is 32.2. The van der Waals surface area contributed by atoms with E-state index in [0.717, 1.165) is 35.5 Å². The molecule has 0 aliphatic rings. The standard InChI is InChI=1S/C27H33N3O3S/c1-5-29(6-2)25-15-11-22(12-16-25)19-28-27(31)23-13-17-26(18-14-23)30(34(4,32)33)20-24-10-8-7-9-21(24)3/h7-18H,5-6,19-20H2,1-4H3,(H,28,31). The Hall–Kier alpha value is -3.32. The minimum absolute atomic E-state index is 0.204. The number of sulfonamides is 1. The molecule has 34 heavy (non-hydrogen) atoms. The highest BCUT2D eigenvalue weighted by molar-refractivity contribution is 7.92. The molecule has 0 unspecified atom stereocenters. The topological polar surface area (TPSA) is 69.7 Å². The average molecular weight is 480 g/mol. The van der Waals surface area contributed by atoms with Crippen LogP contribution in [0.3, 0.4) is 0 Å². The van der Waals surface area contributed by atoms with Crippen molar-refractivity contribution in [3.8, 4) is 0 Å². The Morgan fingerprint density at radius 2 is 1.44 bits per heavy atom. The summed E-state index contributed by atoms with van der Waals surface area (Å²) in [6, 6.07) is 22.5. The first-order valence-electron chi connectivity index (χ1n) is 11.5. The van der Waals surface area contributed by atoms with Gasteiger partial charge in [-0.1, -0.05) is 36.4 Å². The third-order valence-corrected chi connectivity index (χ3v) is 7.05. The summed E-state index contributed by atoms with van der Waals surface area (Å²) < 4.78 is 26.3. The van der Waals surface area contributed by atoms with E-state index in [9.17, 15) is 13.2 Å². The number of anilines is 2. The number of nitrogens with one attached hydrogen (secondary N) is 1. The van der Waals surface area contributed by atoms with Crippen LogP contribution in [-0.4, -0.2) is 33.7 Å². The van der Waals surface area contributed by atoms with Crippen molar-refractivity contribution in [1.29, 1.82) is 0 Å². The number of hydrogen-bond donors (Lipinski definition) is 1. The van der Waals surface area contributed by atoms with Gasteiger partial charge in [0.15, 0.2) is 0 Å². The molecule has 0 aromatic heterocycles. The highest BCUT2D eigenvalue weighted by Crippen LogP contribution is 2.23. The van der Waals surface area contributed by atoms with E-state index < -0.39 is 10.0 Å². The Balaban J connectivity index is 1.67. The van der Waals surface area contributed by atoms with Gasteiger partial charge in [-0.2, -0.15) is 0 Å². The second-order valence-corrected chi connectivity index (χ2v) is 10.2. The lowest BCUT2D eigenvalue weighted by Crippen LogP contribution is -2.29. The normalized spacial score (nSPS) is 11.2. The average Bonchev–Trinajstić information content (AvgIpc) is 2.83. The van der Waals surface area contributed by atoms with Crippen LogP contribution in [0.1, 0.15) is 40.9 Å². The van der Waals surface area contributed by atoms with E-state index in [4.69, 9.17) is 0 Å². The van der Waals surface area contributed by atoms with Gasteiger partial charge in [-0.25, -0.2) is 8.42 Å². The largest absolute Gasteiger partial charge is 0.372 e. The van der Waals surface area contributed by atoms with E-state index in [1.165, 1.54) is 10.6 Å². The molecule has 3 aromatic rings. The number of carbonyl (C=O) groups is 1. The Bertz CT molecular complexity index is 1200. The number of amides is 1. The van der Waals surface area contributed by atoms with Crippen LogP contribution < -0.4 is 14.5 Å². The number of carbonyl (C=O) groups excluding carboxylic acids is 1. The van der Waals surface area contributed by atoms with Gasteiger partial charge < -0.3 is 10.2 Å². The maximum Gasteiger partial charge on any atom is 0.251 e. The van der Waals surface area contributed by atoms with Crippen LogP contribution in [0.15, 0.2) is 72.8 Å². The van der Waals surface area contributed by atoms with Crippen molar-refractivity contribution in [3.63, 3.8) is 0 Å². The van der Waals surface area contributed by atoms with Gasteiger partial charge in [0.1, 0.15) is 0 Å². The van der Waals surface area contributed by atoms with E-state index in [1.54, 1.807) is 24.3 Å². The van der Waals surface area contributed by atoms with Gasteiger partial charge in [-0.3, -0.25) is 9.10 Å². The SMILES string of the molecule is CCN(CC)c1ccc(CNC(=O)c2ccc(N(Cc3ccccc3C)S(C)(=O)=O)cc2)cc1. The zero-order chi connectivity index (χ0) is 24.7. The Kier molecular flexibility index (Phi) is 8.34. The van der Waals surface area contributed by atoms with Crippen LogP contribution in [0, 0.1) is 6.92 Å². The summed E-state index contributed by atoms with van der Waals surface area (Å²) in [4.78, 5) is 14.9. The number of aryl methyl sites for hydroxylation is 1. The maximum atomic E-state index is 12.6. The third kappa shape index (κ3) is 6.38. The van der Waals surface area contributed by atoms with Crippen molar-refractivity contribution in [2.45, 2.75) is 33.9 Å². The van der Waals surface area contributed by atoms with Gasteiger partial charge in [-0.15, -0.1) is 0 Å². The van der Waals surface area contributed by atoms with E-state index in [1.807, 2.05) is 43.3 Å². The van der Waals surface area contributed by atoms with Crippen molar-refractivity contribution in [2.24, 2.45) is 0 Å². The Morgan fingerprint density at radius 1 is 0.853 bits per heavy atom. The molecule has 0 spiro atoms. The molecule has 180 valence electrons. The summed E-state index contributed by atoms with van der Waals surface area (Å²) in [5.41, 5.74) is 5.14. The first-order chi connectivity index (χ1) is 16.2. The number of benzene rings is 3. The Morgan fingerprint density at radius 3 is 2.00 bits per heavy atom. The summed E-state index contributed by atoms with van der Waals surface area (Å²) in [5.74, 6) is -0.204. The lowest BCUT2D eigenvalue weighted by Gasteiger charge is -2.23. The van der Waals surface area contributed by atoms with Crippen LogP contribution in [0.4, 0.5) is 11.4 Å². The molecular formula is C27H33N3O3S. The van der Waals surface area contributed by atoms with E-state index >= 15 is 0 Å². The summed E-state index contributed by atoms with van der Waals surface area (Å²) in [6.45, 7) is 8.76. The van der Waals surface area contributed by atoms with Gasteiger partial charge in [0.05, 0.1) is 18.5 Å². The van der Waals surface area contributed by atoms with Gasteiger partial charge >= 0.3 is 0 Å². The van der Waals surface area contributed by atoms with Gasteiger partial charge in [0.2, 0.25) is 10.0 Å². The molecule has 0 heterocycles. The van der Waals surface area contributed by atoms with Crippen LogP contribution in [-0.2, 0) is 23.1 Å². The number of hydrogen-bond acceptors (Lipinski definition) is 4. The lowest BCUT2D eigenvalue weighted by molar-refractivity contribution is 0.0951. The van der Waals surface area contributed by atoms with Gasteiger partial charge in [0, 0.05) is 30.9 Å². The summed E-state index contributed by atoms with van der Waals surface area (Å²) in [5, 5.41) is 2.93. The molecule has 0 aliphatic carbocycles. The molecule has 7 heteroatoms. The summed E-state index contributed by atoms with van der Waals surface area (Å²) in [6.07, 6.45) is 1.19. The smallest absolute Gasteiger partial charge is 0.251 e. The predicted octanol–water partition coefficient (Wildman–Crippen LogP) is 4.74. The molecular weight excluding hydrogens is 446 g/mol. The van der Waals surface area contributed by atoms with Crippen molar-refractivity contribution in [3.05, 3.63) is 95.1 Å². The molecule has 6 nitrogen and oxygen atoms in total. The second-order valence-electron chi connectivity index (χ2n) is 8.26. The highest BCUT2D eigenvalue weighted by Gasteiger charge is 2.19. The van der Waals surface area contributed by atoms with Crippen LogP contribution in [0.25, 0.3) is 0 Å². The monoisotopic (exact) mass is 479 g/mol. The van der Waals surface area contributed by atoms with Crippen LogP contribution in [0.5, 0.6) is 0 Å². The third-order valence-electron chi connectivity index (χ3n) is 5.91. The fourth-order valence-electron chi connectivity index (χ4n) is 3.82. The zero-order valence-corrected chi connectivity index (χ0v) is 21.1. The second kappa shape index (κ2) is 11.2. The first kappa shape index (κ1) is 25.3. The van der Waals surface area contributed by atoms with Gasteiger partial charge in [0.25, 0.3) is 5.91 Å². The Labute approximate surface area is 203 Å². The molecule has 0 saturated carbocycles.